The Labute approximate surface area is 150 Å². The Morgan fingerprint density at radius 3 is 1.43 bits per heavy atom. The Bertz CT molecular complexity index is 875. The predicted molar refractivity (Wildman–Crippen MR) is 89.5 cm³/mol. The van der Waals surface area contributed by atoms with Crippen LogP contribution in [0.15, 0.2) is 48.5 Å². The van der Waals surface area contributed by atoms with Gasteiger partial charge in [0.2, 0.25) is 0 Å². The van der Waals surface area contributed by atoms with Gasteiger partial charge in [0.25, 0.3) is 0 Å². The summed E-state index contributed by atoms with van der Waals surface area (Å²) in [6.07, 6.45) is 0. The quantitative estimate of drug-likeness (QED) is 0.499. The van der Waals surface area contributed by atoms with Crippen LogP contribution in [-0.4, -0.2) is 20.2 Å². The van der Waals surface area contributed by atoms with Gasteiger partial charge < -0.3 is 10.2 Å². The standard InChI is InChI=1S/C16H10N2O2S2.Ni/c19-11-7-3-1-5-9(11)13-17-15-16(21-13)18-14(22-15)10-6-2-4-8-12(10)20;/h1-8,19-20H;. The van der Waals surface area contributed by atoms with Crippen molar-refractivity contribution in [3.63, 3.8) is 0 Å². The number of hydrogen-bond acceptors (Lipinski definition) is 6. The maximum absolute atomic E-state index is 9.91. The Hall–Kier alpha value is -1.95. The molecular weight excluding hydrogens is 375 g/mol. The van der Waals surface area contributed by atoms with E-state index >= 15 is 0 Å². The van der Waals surface area contributed by atoms with Crippen LogP contribution in [0.25, 0.3) is 30.8 Å². The molecular formula is C16H10N2NiO2S2. The average Bonchev–Trinajstić information content (AvgIpc) is 3.06. The van der Waals surface area contributed by atoms with Gasteiger partial charge >= 0.3 is 0 Å². The Morgan fingerprint density at radius 1 is 0.652 bits per heavy atom. The van der Waals surface area contributed by atoms with Crippen LogP contribution in [0, 0.1) is 0 Å². The van der Waals surface area contributed by atoms with E-state index in [1.165, 1.54) is 22.7 Å². The van der Waals surface area contributed by atoms with Crippen molar-refractivity contribution >= 4 is 32.3 Å². The second-order valence-electron chi connectivity index (χ2n) is 4.68. The van der Waals surface area contributed by atoms with Gasteiger partial charge in [0.05, 0.1) is 11.1 Å². The molecule has 0 aliphatic heterocycles. The predicted octanol–water partition coefficient (Wildman–Crippen LogP) is 4.50. The molecule has 118 valence electrons. The first kappa shape index (κ1) is 15.9. The molecule has 0 aliphatic rings. The molecule has 4 rings (SSSR count). The second-order valence-corrected chi connectivity index (χ2v) is 6.64. The van der Waals surface area contributed by atoms with Gasteiger partial charge in [0, 0.05) is 16.5 Å². The first-order valence-corrected chi connectivity index (χ1v) is 8.20. The molecule has 0 saturated carbocycles. The molecule has 4 aromatic rings. The molecule has 0 unspecified atom stereocenters. The van der Waals surface area contributed by atoms with E-state index in [2.05, 4.69) is 9.97 Å². The smallest absolute Gasteiger partial charge is 0.155 e. The summed E-state index contributed by atoms with van der Waals surface area (Å²) in [5.74, 6) is 0.426. The van der Waals surface area contributed by atoms with E-state index in [0.29, 0.717) is 11.1 Å². The summed E-state index contributed by atoms with van der Waals surface area (Å²) >= 11 is 2.86. The fourth-order valence-electron chi connectivity index (χ4n) is 2.18. The van der Waals surface area contributed by atoms with Crippen LogP contribution in [0.2, 0.25) is 0 Å². The molecule has 2 N–H and O–H groups in total. The summed E-state index contributed by atoms with van der Waals surface area (Å²) in [6.45, 7) is 0. The summed E-state index contributed by atoms with van der Waals surface area (Å²) in [6, 6.07) is 14.3. The zero-order valence-electron chi connectivity index (χ0n) is 11.5. The number of rotatable bonds is 2. The van der Waals surface area contributed by atoms with Gasteiger partial charge in [0.15, 0.2) is 9.66 Å². The van der Waals surface area contributed by atoms with E-state index in [0.717, 1.165) is 19.7 Å². The van der Waals surface area contributed by atoms with Crippen molar-refractivity contribution in [3.05, 3.63) is 48.5 Å². The molecule has 2 aromatic carbocycles. The summed E-state index contributed by atoms with van der Waals surface area (Å²) in [7, 11) is 0. The van der Waals surface area contributed by atoms with Crippen LogP contribution in [-0.2, 0) is 16.5 Å². The number of hydrogen-bond donors (Lipinski definition) is 2. The van der Waals surface area contributed by atoms with Gasteiger partial charge in [-0.05, 0) is 24.3 Å². The van der Waals surface area contributed by atoms with Crippen LogP contribution < -0.4 is 0 Å². The third kappa shape index (κ3) is 2.83. The zero-order valence-corrected chi connectivity index (χ0v) is 14.2. The monoisotopic (exact) mass is 384 g/mol. The van der Waals surface area contributed by atoms with Gasteiger partial charge in [-0.2, -0.15) is 0 Å². The molecule has 23 heavy (non-hydrogen) atoms. The van der Waals surface area contributed by atoms with Gasteiger partial charge in [0.1, 0.15) is 21.5 Å². The molecule has 0 saturated heterocycles. The fourth-order valence-corrected chi connectivity index (χ4v) is 4.29. The Morgan fingerprint density at radius 2 is 1.04 bits per heavy atom. The fraction of sp³-hybridized carbons (Fsp3) is 0. The van der Waals surface area contributed by atoms with E-state index in [-0.39, 0.29) is 28.0 Å². The van der Waals surface area contributed by atoms with E-state index in [1.54, 1.807) is 24.3 Å². The molecule has 7 heteroatoms. The molecule has 2 aromatic heterocycles. The van der Waals surface area contributed by atoms with E-state index in [1.807, 2.05) is 24.3 Å². The molecule has 0 amide bonds. The molecule has 0 atom stereocenters. The van der Waals surface area contributed by atoms with Crippen molar-refractivity contribution in [3.8, 4) is 32.6 Å². The van der Waals surface area contributed by atoms with Crippen molar-refractivity contribution in [1.29, 1.82) is 0 Å². The van der Waals surface area contributed by atoms with Gasteiger partial charge in [-0.15, -0.1) is 0 Å². The number of phenols is 2. The summed E-state index contributed by atoms with van der Waals surface area (Å²) in [5, 5.41) is 21.3. The van der Waals surface area contributed by atoms with E-state index in [9.17, 15) is 10.2 Å². The third-order valence-electron chi connectivity index (χ3n) is 3.24. The van der Waals surface area contributed by atoms with Gasteiger partial charge in [-0.1, -0.05) is 46.9 Å². The van der Waals surface area contributed by atoms with Crippen LogP contribution in [0.3, 0.4) is 0 Å². The minimum atomic E-state index is 0. The summed E-state index contributed by atoms with van der Waals surface area (Å²) in [4.78, 5) is 10.7. The maximum Gasteiger partial charge on any atom is 0.155 e. The maximum atomic E-state index is 9.91. The third-order valence-corrected chi connectivity index (χ3v) is 5.34. The van der Waals surface area contributed by atoms with Crippen molar-refractivity contribution < 1.29 is 26.7 Å². The largest absolute Gasteiger partial charge is 0.507 e. The molecule has 0 spiro atoms. The van der Waals surface area contributed by atoms with Crippen LogP contribution in [0.1, 0.15) is 0 Å². The van der Waals surface area contributed by atoms with Crippen LogP contribution in [0.5, 0.6) is 11.5 Å². The SMILES string of the molecule is Oc1ccccc1-c1nc2sc(-c3ccccc3O)nc2s1.[Ni]. The summed E-state index contributed by atoms with van der Waals surface area (Å²) < 4.78 is 0. The number of fused-ring (bicyclic) bond motifs is 1. The Balaban J connectivity index is 0.00000156. The minimum absolute atomic E-state index is 0. The van der Waals surface area contributed by atoms with Gasteiger partial charge in [-0.3, -0.25) is 0 Å². The van der Waals surface area contributed by atoms with E-state index < -0.39 is 0 Å². The second kappa shape index (κ2) is 6.28. The number of phenolic OH excluding ortho intramolecular Hbond substituents is 2. The van der Waals surface area contributed by atoms with E-state index in [4.69, 9.17) is 0 Å². The molecule has 4 nitrogen and oxygen atoms in total. The normalized spacial score (nSPS) is 10.6. The average molecular weight is 385 g/mol. The first-order valence-electron chi connectivity index (χ1n) is 6.56. The number of para-hydroxylation sites is 2. The van der Waals surface area contributed by atoms with Crippen LogP contribution in [0.4, 0.5) is 0 Å². The minimum Gasteiger partial charge on any atom is -0.507 e. The van der Waals surface area contributed by atoms with Gasteiger partial charge in [-0.25, -0.2) is 9.97 Å². The first-order chi connectivity index (χ1) is 10.7. The van der Waals surface area contributed by atoms with Crippen molar-refractivity contribution in [2.45, 2.75) is 0 Å². The topological polar surface area (TPSA) is 66.2 Å². The molecule has 0 bridgehead atoms. The number of thiazole rings is 2. The zero-order chi connectivity index (χ0) is 15.1. The number of nitrogens with zero attached hydrogens (tertiary/aromatic N) is 2. The number of aromatic nitrogens is 2. The molecule has 2 heterocycles. The molecule has 0 aliphatic carbocycles. The molecule has 0 radical (unpaired) electrons. The number of benzene rings is 2. The molecule has 0 fully saturated rings. The van der Waals surface area contributed by atoms with Crippen LogP contribution >= 0.6 is 22.7 Å². The Kier molecular flexibility index (Phi) is 4.35. The van der Waals surface area contributed by atoms with Crippen molar-refractivity contribution in [1.82, 2.24) is 9.97 Å². The summed E-state index contributed by atoms with van der Waals surface area (Å²) in [5.41, 5.74) is 1.42. The van der Waals surface area contributed by atoms with Crippen molar-refractivity contribution in [2.24, 2.45) is 0 Å². The van der Waals surface area contributed by atoms with Crippen molar-refractivity contribution in [2.75, 3.05) is 0 Å². The number of aromatic hydroxyl groups is 2.